The van der Waals surface area contributed by atoms with Gasteiger partial charge in [-0.1, -0.05) is 56.5 Å². The molecule has 1 nitrogen and oxygen atoms in total. The quantitative estimate of drug-likeness (QED) is 0.513. The molecule has 2 rings (SSSR count). The van der Waals surface area contributed by atoms with Crippen molar-refractivity contribution in [2.75, 3.05) is 0 Å². The zero-order chi connectivity index (χ0) is 13.7. The van der Waals surface area contributed by atoms with Crippen LogP contribution in [0, 0.1) is 0 Å². The Morgan fingerprint density at radius 1 is 1.05 bits per heavy atom. The molecule has 0 heterocycles. The van der Waals surface area contributed by atoms with Gasteiger partial charge >= 0.3 is 0 Å². The van der Waals surface area contributed by atoms with Crippen LogP contribution in [0.3, 0.4) is 0 Å². The van der Waals surface area contributed by atoms with E-state index in [1.165, 1.54) is 42.0 Å². The lowest BCUT2D eigenvalue weighted by molar-refractivity contribution is 0.101. The molecule has 0 radical (unpaired) electrons. The fraction of sp³-hybridized carbons (Fsp3) is 0.389. The Bertz CT molecular complexity index is 569. The summed E-state index contributed by atoms with van der Waals surface area (Å²) in [5, 5.41) is 2.48. The van der Waals surface area contributed by atoms with Gasteiger partial charge in [0.05, 0.1) is 0 Å². The molecule has 0 aromatic heterocycles. The fourth-order valence-electron chi connectivity index (χ4n) is 2.52. The minimum Gasteiger partial charge on any atom is -0.295 e. The molecule has 19 heavy (non-hydrogen) atoms. The Hall–Kier alpha value is -1.63. The smallest absolute Gasteiger partial charge is 0.159 e. The number of carbonyl (C=O) groups is 1. The van der Waals surface area contributed by atoms with E-state index >= 15 is 0 Å². The third-order valence-corrected chi connectivity index (χ3v) is 3.68. The minimum absolute atomic E-state index is 0.141. The molecule has 0 spiro atoms. The van der Waals surface area contributed by atoms with Crippen molar-refractivity contribution >= 4 is 16.6 Å². The van der Waals surface area contributed by atoms with Gasteiger partial charge in [0.15, 0.2) is 5.78 Å². The van der Waals surface area contributed by atoms with Crippen molar-refractivity contribution in [1.29, 1.82) is 0 Å². The second-order valence-electron chi connectivity index (χ2n) is 5.22. The van der Waals surface area contributed by atoms with Crippen LogP contribution in [0.4, 0.5) is 0 Å². The second kappa shape index (κ2) is 6.51. The van der Waals surface area contributed by atoms with Crippen molar-refractivity contribution in [2.45, 2.75) is 46.0 Å². The van der Waals surface area contributed by atoms with E-state index in [-0.39, 0.29) is 5.78 Å². The lowest BCUT2D eigenvalue weighted by Gasteiger charge is -2.08. The molecule has 0 bridgehead atoms. The SMILES string of the molecule is CCCCCCc1cccc2ccc(C(C)=O)cc12. The number of unbranched alkanes of at least 4 members (excludes halogenated alkanes) is 3. The summed E-state index contributed by atoms with van der Waals surface area (Å²) in [5.74, 6) is 0.141. The van der Waals surface area contributed by atoms with E-state index in [0.717, 1.165) is 12.0 Å². The van der Waals surface area contributed by atoms with Crippen LogP contribution in [-0.4, -0.2) is 5.78 Å². The highest BCUT2D eigenvalue weighted by atomic mass is 16.1. The molecule has 100 valence electrons. The average Bonchev–Trinajstić information content (AvgIpc) is 2.43. The van der Waals surface area contributed by atoms with Gasteiger partial charge in [-0.3, -0.25) is 4.79 Å². The van der Waals surface area contributed by atoms with Crippen LogP contribution >= 0.6 is 0 Å². The van der Waals surface area contributed by atoms with Gasteiger partial charge in [0, 0.05) is 5.56 Å². The summed E-state index contributed by atoms with van der Waals surface area (Å²) in [6, 6.07) is 12.5. The number of ketones is 1. The number of hydrogen-bond acceptors (Lipinski definition) is 1. The van der Waals surface area contributed by atoms with E-state index in [9.17, 15) is 4.79 Å². The molecule has 0 atom stereocenters. The number of aryl methyl sites for hydroxylation is 1. The first-order chi connectivity index (χ1) is 9.22. The van der Waals surface area contributed by atoms with Crippen molar-refractivity contribution in [3.8, 4) is 0 Å². The molecule has 0 aliphatic heterocycles. The highest BCUT2D eigenvalue weighted by Gasteiger charge is 2.04. The zero-order valence-corrected chi connectivity index (χ0v) is 11.9. The zero-order valence-electron chi connectivity index (χ0n) is 11.9. The average molecular weight is 254 g/mol. The Morgan fingerprint density at radius 3 is 2.63 bits per heavy atom. The Labute approximate surface area is 115 Å². The van der Waals surface area contributed by atoms with Crippen molar-refractivity contribution in [3.63, 3.8) is 0 Å². The van der Waals surface area contributed by atoms with Gasteiger partial charge in [-0.15, -0.1) is 0 Å². The number of carbonyl (C=O) groups excluding carboxylic acids is 1. The summed E-state index contributed by atoms with van der Waals surface area (Å²) in [6.07, 6.45) is 6.21. The minimum atomic E-state index is 0.141. The van der Waals surface area contributed by atoms with Crippen LogP contribution in [0.1, 0.15) is 55.5 Å². The third-order valence-electron chi connectivity index (χ3n) is 3.68. The van der Waals surface area contributed by atoms with Crippen LogP contribution < -0.4 is 0 Å². The van der Waals surface area contributed by atoms with Crippen molar-refractivity contribution in [1.82, 2.24) is 0 Å². The summed E-state index contributed by atoms with van der Waals surface area (Å²) < 4.78 is 0. The fourth-order valence-corrected chi connectivity index (χ4v) is 2.52. The Kier molecular flexibility index (Phi) is 4.73. The highest BCUT2D eigenvalue weighted by Crippen LogP contribution is 2.22. The number of benzene rings is 2. The highest BCUT2D eigenvalue weighted by molar-refractivity contribution is 5.99. The first-order valence-electron chi connectivity index (χ1n) is 7.25. The molecule has 1 heteroatoms. The summed E-state index contributed by atoms with van der Waals surface area (Å²) in [5.41, 5.74) is 2.19. The van der Waals surface area contributed by atoms with Crippen molar-refractivity contribution in [2.24, 2.45) is 0 Å². The molecule has 2 aromatic carbocycles. The molecule has 0 saturated carbocycles. The van der Waals surface area contributed by atoms with Crippen LogP contribution in [0.2, 0.25) is 0 Å². The maximum Gasteiger partial charge on any atom is 0.159 e. The van der Waals surface area contributed by atoms with Gasteiger partial charge in [-0.2, -0.15) is 0 Å². The predicted octanol–water partition coefficient (Wildman–Crippen LogP) is 5.17. The van der Waals surface area contributed by atoms with E-state index in [2.05, 4.69) is 31.2 Å². The lowest BCUT2D eigenvalue weighted by Crippen LogP contribution is -1.94. The Morgan fingerprint density at radius 2 is 1.89 bits per heavy atom. The monoisotopic (exact) mass is 254 g/mol. The molecule has 0 amide bonds. The molecule has 0 aliphatic rings. The molecule has 2 aromatic rings. The first-order valence-corrected chi connectivity index (χ1v) is 7.25. The van der Waals surface area contributed by atoms with Crippen LogP contribution in [0.5, 0.6) is 0 Å². The maximum absolute atomic E-state index is 11.5. The van der Waals surface area contributed by atoms with Gasteiger partial charge in [0.25, 0.3) is 0 Å². The maximum atomic E-state index is 11.5. The van der Waals surface area contributed by atoms with Gasteiger partial charge in [0.1, 0.15) is 0 Å². The molecule has 0 N–H and O–H groups in total. The van der Waals surface area contributed by atoms with Crippen molar-refractivity contribution < 1.29 is 4.79 Å². The van der Waals surface area contributed by atoms with E-state index in [1.54, 1.807) is 6.92 Å². The van der Waals surface area contributed by atoms with Crippen LogP contribution in [0.25, 0.3) is 10.8 Å². The van der Waals surface area contributed by atoms with E-state index in [4.69, 9.17) is 0 Å². The lowest BCUT2D eigenvalue weighted by atomic mass is 9.97. The number of rotatable bonds is 6. The molecule has 0 aliphatic carbocycles. The second-order valence-corrected chi connectivity index (χ2v) is 5.22. The number of Topliss-reactive ketones (excluding diaryl/α,β-unsaturated/α-hetero) is 1. The molecular weight excluding hydrogens is 232 g/mol. The van der Waals surface area contributed by atoms with Gasteiger partial charge in [0.2, 0.25) is 0 Å². The van der Waals surface area contributed by atoms with E-state index in [0.29, 0.717) is 0 Å². The van der Waals surface area contributed by atoms with Gasteiger partial charge in [-0.25, -0.2) is 0 Å². The summed E-state index contributed by atoms with van der Waals surface area (Å²) in [7, 11) is 0. The summed E-state index contributed by atoms with van der Waals surface area (Å²) >= 11 is 0. The number of hydrogen-bond donors (Lipinski definition) is 0. The van der Waals surface area contributed by atoms with Gasteiger partial charge < -0.3 is 0 Å². The molecular formula is C18H22O. The normalized spacial score (nSPS) is 10.8. The summed E-state index contributed by atoms with van der Waals surface area (Å²) in [4.78, 5) is 11.5. The van der Waals surface area contributed by atoms with Gasteiger partial charge in [-0.05, 0) is 42.2 Å². The summed E-state index contributed by atoms with van der Waals surface area (Å²) in [6.45, 7) is 3.86. The van der Waals surface area contributed by atoms with Crippen LogP contribution in [0.15, 0.2) is 36.4 Å². The molecule has 0 saturated heterocycles. The van der Waals surface area contributed by atoms with Crippen LogP contribution in [-0.2, 0) is 6.42 Å². The molecule has 0 fully saturated rings. The number of fused-ring (bicyclic) bond motifs is 1. The standard InChI is InChI=1S/C18H22O/c1-3-4-5-6-8-15-9-7-10-16-11-12-17(14(2)19)13-18(15)16/h7,9-13H,3-6,8H2,1-2H3. The topological polar surface area (TPSA) is 17.1 Å². The van der Waals surface area contributed by atoms with Crippen molar-refractivity contribution in [3.05, 3.63) is 47.5 Å². The van der Waals surface area contributed by atoms with E-state index in [1.807, 2.05) is 12.1 Å². The predicted molar refractivity (Wildman–Crippen MR) is 81.8 cm³/mol. The Balaban J connectivity index is 2.26. The third kappa shape index (κ3) is 3.44. The largest absolute Gasteiger partial charge is 0.295 e. The molecule has 0 unspecified atom stereocenters. The van der Waals surface area contributed by atoms with E-state index < -0.39 is 0 Å². The first kappa shape index (κ1) is 13.8.